The van der Waals surface area contributed by atoms with Crippen LogP contribution in [0.15, 0.2) is 45.8 Å². The van der Waals surface area contributed by atoms with E-state index in [1.807, 2.05) is 10.4 Å². The van der Waals surface area contributed by atoms with Gasteiger partial charge in [-0.15, -0.1) is 0 Å². The molecule has 0 saturated carbocycles. The standard InChI is InChI=1S/C17H26Si/c1-4-8-14-10-6-12-16(14)18(3)17-13-7-11-15(17)9-5-2/h6-7,10-11,18H,4-5,8-9,12-13H2,1-3H3. The van der Waals surface area contributed by atoms with E-state index in [2.05, 4.69) is 44.7 Å². The number of allylic oxidation sites excluding steroid dienone is 8. The minimum Gasteiger partial charge on any atom is -0.0806 e. The smallest absolute Gasteiger partial charge is 0.0806 e. The molecule has 2 rings (SSSR count). The van der Waals surface area contributed by atoms with Gasteiger partial charge in [-0.05, 0) is 25.7 Å². The first-order valence-electron chi connectivity index (χ1n) is 7.54. The molecule has 0 saturated heterocycles. The molecule has 0 fully saturated rings. The van der Waals surface area contributed by atoms with Crippen molar-refractivity contribution in [1.82, 2.24) is 0 Å². The molecule has 0 atom stereocenters. The van der Waals surface area contributed by atoms with Crippen LogP contribution in [0.25, 0.3) is 0 Å². The third-order valence-electron chi connectivity index (χ3n) is 4.22. The third kappa shape index (κ3) is 2.77. The van der Waals surface area contributed by atoms with E-state index in [9.17, 15) is 0 Å². The molecule has 1 heteroatoms. The summed E-state index contributed by atoms with van der Waals surface area (Å²) in [4.78, 5) is 0. The van der Waals surface area contributed by atoms with Crippen LogP contribution in [0.3, 0.4) is 0 Å². The van der Waals surface area contributed by atoms with Gasteiger partial charge in [0.2, 0.25) is 0 Å². The first kappa shape index (κ1) is 13.6. The molecule has 0 aliphatic heterocycles. The van der Waals surface area contributed by atoms with Gasteiger partial charge in [0.1, 0.15) is 0 Å². The quantitative estimate of drug-likeness (QED) is 0.586. The van der Waals surface area contributed by atoms with Crippen LogP contribution in [0.5, 0.6) is 0 Å². The SMILES string of the molecule is CCCC1=C([SiH](C)C2=C(CCC)C=CC2)CC=C1. The lowest BCUT2D eigenvalue weighted by atomic mass is 10.2. The summed E-state index contributed by atoms with van der Waals surface area (Å²) in [6.07, 6.45) is 17.2. The zero-order valence-corrected chi connectivity index (χ0v) is 13.3. The summed E-state index contributed by atoms with van der Waals surface area (Å²) in [5.41, 5.74) is 3.35. The van der Waals surface area contributed by atoms with E-state index in [-0.39, 0.29) is 0 Å². The minimum atomic E-state index is -0.852. The summed E-state index contributed by atoms with van der Waals surface area (Å²) < 4.78 is 0. The number of hydrogen-bond acceptors (Lipinski definition) is 0. The van der Waals surface area contributed by atoms with Crippen molar-refractivity contribution in [3.05, 3.63) is 45.8 Å². The van der Waals surface area contributed by atoms with Crippen molar-refractivity contribution in [3.8, 4) is 0 Å². The minimum absolute atomic E-state index is 0.852. The fraction of sp³-hybridized carbons (Fsp3) is 0.529. The number of hydrogen-bond donors (Lipinski definition) is 0. The van der Waals surface area contributed by atoms with Crippen LogP contribution in [0.2, 0.25) is 6.55 Å². The fourth-order valence-electron chi connectivity index (χ4n) is 3.28. The summed E-state index contributed by atoms with van der Waals surface area (Å²) in [6, 6.07) is 0. The van der Waals surface area contributed by atoms with Gasteiger partial charge >= 0.3 is 0 Å². The molecule has 0 unspecified atom stereocenters. The fourth-order valence-corrected chi connectivity index (χ4v) is 6.27. The molecule has 0 aromatic heterocycles. The Balaban J connectivity index is 2.19. The molecule has 0 heterocycles. The van der Waals surface area contributed by atoms with Gasteiger partial charge in [0.05, 0.1) is 8.80 Å². The van der Waals surface area contributed by atoms with Crippen molar-refractivity contribution in [2.75, 3.05) is 0 Å². The second kappa shape index (κ2) is 6.37. The van der Waals surface area contributed by atoms with Crippen molar-refractivity contribution in [3.63, 3.8) is 0 Å². The Morgan fingerprint density at radius 1 is 0.889 bits per heavy atom. The highest BCUT2D eigenvalue weighted by Gasteiger charge is 2.23. The van der Waals surface area contributed by atoms with Gasteiger partial charge in [-0.3, -0.25) is 0 Å². The summed E-state index contributed by atoms with van der Waals surface area (Å²) >= 11 is 0. The highest BCUT2D eigenvalue weighted by Crippen LogP contribution is 2.33. The van der Waals surface area contributed by atoms with E-state index in [0.717, 1.165) is 0 Å². The molecule has 0 spiro atoms. The van der Waals surface area contributed by atoms with Crippen LogP contribution in [0.4, 0.5) is 0 Å². The molecular weight excluding hydrogens is 232 g/mol. The molecule has 0 bridgehead atoms. The van der Waals surface area contributed by atoms with E-state index in [1.165, 1.54) is 38.5 Å². The zero-order chi connectivity index (χ0) is 13.0. The van der Waals surface area contributed by atoms with Gasteiger partial charge in [0.25, 0.3) is 0 Å². The monoisotopic (exact) mass is 258 g/mol. The van der Waals surface area contributed by atoms with Crippen molar-refractivity contribution in [2.24, 2.45) is 0 Å². The Kier molecular flexibility index (Phi) is 4.82. The maximum Gasteiger partial charge on any atom is 0.0910 e. The Hall–Kier alpha value is -0.823. The van der Waals surface area contributed by atoms with Gasteiger partial charge < -0.3 is 0 Å². The lowest BCUT2D eigenvalue weighted by Crippen LogP contribution is -2.16. The van der Waals surface area contributed by atoms with Crippen molar-refractivity contribution in [2.45, 2.75) is 58.9 Å². The molecule has 0 aromatic carbocycles. The molecule has 0 N–H and O–H groups in total. The van der Waals surface area contributed by atoms with Crippen LogP contribution in [-0.2, 0) is 0 Å². The Bertz CT molecular complexity index is 381. The maximum absolute atomic E-state index is 2.55. The predicted octanol–water partition coefficient (Wildman–Crippen LogP) is 5.03. The summed E-state index contributed by atoms with van der Waals surface area (Å²) in [5.74, 6) is 0. The first-order chi connectivity index (χ1) is 8.77. The maximum atomic E-state index is 2.55. The molecule has 2 aliphatic rings. The molecular formula is C17H26Si. The van der Waals surface area contributed by atoms with Crippen LogP contribution in [0.1, 0.15) is 52.4 Å². The van der Waals surface area contributed by atoms with Crippen LogP contribution in [0, 0.1) is 0 Å². The second-order valence-electron chi connectivity index (χ2n) is 5.54. The van der Waals surface area contributed by atoms with Gasteiger partial charge in [-0.25, -0.2) is 0 Å². The van der Waals surface area contributed by atoms with Crippen molar-refractivity contribution in [1.29, 1.82) is 0 Å². The Morgan fingerprint density at radius 2 is 1.33 bits per heavy atom. The average molecular weight is 258 g/mol. The highest BCUT2D eigenvalue weighted by atomic mass is 28.3. The van der Waals surface area contributed by atoms with Gasteiger partial charge in [-0.1, -0.05) is 79.1 Å². The molecule has 0 radical (unpaired) electrons. The highest BCUT2D eigenvalue weighted by molar-refractivity contribution is 6.73. The topological polar surface area (TPSA) is 0 Å². The van der Waals surface area contributed by atoms with Crippen LogP contribution in [-0.4, -0.2) is 8.80 Å². The lowest BCUT2D eigenvalue weighted by Gasteiger charge is -2.18. The van der Waals surface area contributed by atoms with Gasteiger partial charge in [-0.2, -0.15) is 0 Å². The summed E-state index contributed by atoms with van der Waals surface area (Å²) in [7, 11) is -0.852. The largest absolute Gasteiger partial charge is 0.0910 e. The zero-order valence-electron chi connectivity index (χ0n) is 12.1. The summed E-state index contributed by atoms with van der Waals surface area (Å²) in [6.45, 7) is 7.14. The molecule has 0 nitrogen and oxygen atoms in total. The molecule has 0 amide bonds. The van der Waals surface area contributed by atoms with Crippen molar-refractivity contribution < 1.29 is 0 Å². The van der Waals surface area contributed by atoms with Gasteiger partial charge in [0.15, 0.2) is 0 Å². The summed E-state index contributed by atoms with van der Waals surface area (Å²) in [5, 5.41) is 3.65. The molecule has 18 heavy (non-hydrogen) atoms. The predicted molar refractivity (Wildman–Crippen MR) is 84.4 cm³/mol. The third-order valence-corrected chi connectivity index (χ3v) is 7.53. The normalized spacial score (nSPS) is 18.9. The molecule has 98 valence electrons. The van der Waals surface area contributed by atoms with E-state index < -0.39 is 8.80 Å². The van der Waals surface area contributed by atoms with E-state index in [1.54, 1.807) is 11.1 Å². The Labute approximate surface area is 114 Å². The molecule has 2 aliphatic carbocycles. The Morgan fingerprint density at radius 3 is 1.72 bits per heavy atom. The van der Waals surface area contributed by atoms with E-state index in [0.29, 0.717) is 0 Å². The van der Waals surface area contributed by atoms with Crippen molar-refractivity contribution >= 4 is 8.80 Å². The van der Waals surface area contributed by atoms with Crippen LogP contribution >= 0.6 is 0 Å². The average Bonchev–Trinajstić information content (AvgIpc) is 2.98. The number of rotatable bonds is 6. The van der Waals surface area contributed by atoms with Crippen LogP contribution < -0.4 is 0 Å². The van der Waals surface area contributed by atoms with E-state index in [4.69, 9.17) is 0 Å². The van der Waals surface area contributed by atoms with E-state index >= 15 is 0 Å². The first-order valence-corrected chi connectivity index (χ1v) is 9.85. The second-order valence-corrected chi connectivity index (χ2v) is 8.37. The molecule has 0 aromatic rings. The van der Waals surface area contributed by atoms with Gasteiger partial charge in [0, 0.05) is 0 Å². The lowest BCUT2D eigenvalue weighted by molar-refractivity contribution is 0.920.